The lowest BCUT2D eigenvalue weighted by atomic mass is 10.00. The van der Waals surface area contributed by atoms with Gasteiger partial charge in [0.15, 0.2) is 6.61 Å². The van der Waals surface area contributed by atoms with Gasteiger partial charge in [0.25, 0.3) is 5.91 Å². The second-order valence-electron chi connectivity index (χ2n) is 7.00. The summed E-state index contributed by atoms with van der Waals surface area (Å²) in [6.45, 7) is -0.329. The van der Waals surface area contributed by atoms with Gasteiger partial charge in [-0.25, -0.2) is 4.79 Å². The minimum Gasteiger partial charge on any atom is -0.451 e. The van der Waals surface area contributed by atoms with E-state index in [0.717, 1.165) is 32.1 Å². The molecule has 0 atom stereocenters. The Labute approximate surface area is 152 Å². The van der Waals surface area contributed by atoms with Crippen LogP contribution in [0, 0.1) is 11.3 Å². The Morgan fingerprint density at radius 3 is 2.60 bits per heavy atom. The maximum Gasteiger partial charge on any atom is 0.348 e. The lowest BCUT2D eigenvalue weighted by molar-refractivity contribution is -0.125. The quantitative estimate of drug-likeness (QED) is 0.833. The highest BCUT2D eigenvalue weighted by Crippen LogP contribution is 2.30. The molecule has 134 valence electrons. The first-order chi connectivity index (χ1) is 12.1. The Kier molecular flexibility index (Phi) is 5.74. The van der Waals surface area contributed by atoms with Gasteiger partial charge in [-0.1, -0.05) is 12.8 Å². The molecule has 0 radical (unpaired) electrons. The van der Waals surface area contributed by atoms with Gasteiger partial charge in [-0.3, -0.25) is 4.79 Å². The summed E-state index contributed by atoms with van der Waals surface area (Å²) in [5.74, 6) is -0.837. The van der Waals surface area contributed by atoms with Gasteiger partial charge in [-0.15, -0.1) is 11.3 Å². The Balaban J connectivity index is 1.55. The van der Waals surface area contributed by atoms with Gasteiger partial charge >= 0.3 is 5.97 Å². The molecule has 2 aliphatic carbocycles. The molecule has 1 amide bonds. The van der Waals surface area contributed by atoms with Gasteiger partial charge in [0.2, 0.25) is 0 Å². The summed E-state index contributed by atoms with van der Waals surface area (Å²) < 4.78 is 5.18. The van der Waals surface area contributed by atoms with Crippen molar-refractivity contribution in [2.24, 2.45) is 0 Å². The molecule has 1 fully saturated rings. The Morgan fingerprint density at radius 1 is 1.16 bits per heavy atom. The van der Waals surface area contributed by atoms with Crippen LogP contribution in [0.3, 0.4) is 0 Å². The van der Waals surface area contributed by atoms with Crippen LogP contribution in [0.15, 0.2) is 6.07 Å². The molecular formula is C19H24N2O3S. The highest BCUT2D eigenvalue weighted by molar-refractivity contribution is 7.14. The summed E-state index contributed by atoms with van der Waals surface area (Å²) in [4.78, 5) is 26.2. The Hall–Kier alpha value is -1.87. The van der Waals surface area contributed by atoms with Gasteiger partial charge in [0.05, 0.1) is 6.07 Å². The number of nitriles is 1. The minimum absolute atomic E-state index is 0.329. The van der Waals surface area contributed by atoms with Crippen molar-refractivity contribution in [1.29, 1.82) is 5.26 Å². The zero-order valence-electron chi connectivity index (χ0n) is 14.4. The molecule has 0 spiro atoms. The van der Waals surface area contributed by atoms with Crippen LogP contribution in [0.4, 0.5) is 0 Å². The van der Waals surface area contributed by atoms with Gasteiger partial charge in [-0.05, 0) is 63.0 Å². The van der Waals surface area contributed by atoms with Crippen LogP contribution in [0.25, 0.3) is 0 Å². The third kappa shape index (κ3) is 4.40. The van der Waals surface area contributed by atoms with E-state index < -0.39 is 17.4 Å². The first kappa shape index (κ1) is 17.9. The van der Waals surface area contributed by atoms with Gasteiger partial charge in [-0.2, -0.15) is 5.26 Å². The van der Waals surface area contributed by atoms with E-state index in [4.69, 9.17) is 4.74 Å². The van der Waals surface area contributed by atoms with Crippen LogP contribution in [0.2, 0.25) is 0 Å². The van der Waals surface area contributed by atoms with E-state index in [1.165, 1.54) is 41.0 Å². The van der Waals surface area contributed by atoms with Crippen molar-refractivity contribution in [1.82, 2.24) is 5.32 Å². The van der Waals surface area contributed by atoms with Crippen LogP contribution < -0.4 is 5.32 Å². The van der Waals surface area contributed by atoms with Gasteiger partial charge in [0, 0.05) is 4.88 Å². The Bertz CT molecular complexity index is 658. The molecule has 1 heterocycles. The molecule has 0 bridgehead atoms. The molecule has 3 rings (SSSR count). The standard InChI is InChI=1S/C19H24N2O3S/c20-13-19(9-5-6-10-19)21-17(22)12-24-18(23)16-11-14-7-3-1-2-4-8-15(14)25-16/h11H,1-10,12H2,(H,21,22). The van der Waals surface area contributed by atoms with Crippen LogP contribution in [0.1, 0.15) is 71.5 Å². The van der Waals surface area contributed by atoms with Gasteiger partial charge in [0.1, 0.15) is 10.4 Å². The van der Waals surface area contributed by atoms with E-state index >= 15 is 0 Å². The predicted octanol–water partition coefficient (Wildman–Crippen LogP) is 3.52. The largest absolute Gasteiger partial charge is 0.451 e. The molecule has 1 saturated carbocycles. The topological polar surface area (TPSA) is 79.2 Å². The maximum atomic E-state index is 12.3. The van der Waals surface area contributed by atoms with E-state index in [-0.39, 0.29) is 6.61 Å². The summed E-state index contributed by atoms with van der Waals surface area (Å²) in [7, 11) is 0. The summed E-state index contributed by atoms with van der Waals surface area (Å²) in [5.41, 5.74) is 0.484. The normalized spacial score (nSPS) is 19.2. The van der Waals surface area contributed by atoms with E-state index in [1.54, 1.807) is 0 Å². The number of rotatable bonds is 4. The minimum atomic E-state index is -0.776. The fourth-order valence-corrected chi connectivity index (χ4v) is 4.84. The van der Waals surface area contributed by atoms with E-state index in [0.29, 0.717) is 17.7 Å². The first-order valence-electron chi connectivity index (χ1n) is 9.13. The lowest BCUT2D eigenvalue weighted by Gasteiger charge is -2.21. The number of hydrogen-bond acceptors (Lipinski definition) is 5. The summed E-state index contributed by atoms with van der Waals surface area (Å²) in [6, 6.07) is 4.13. The molecular weight excluding hydrogens is 336 g/mol. The number of esters is 1. The van der Waals surface area contributed by atoms with E-state index in [2.05, 4.69) is 11.4 Å². The van der Waals surface area contributed by atoms with Crippen molar-refractivity contribution in [3.63, 3.8) is 0 Å². The molecule has 0 unspecified atom stereocenters. The van der Waals surface area contributed by atoms with Crippen molar-refractivity contribution >= 4 is 23.2 Å². The number of fused-ring (bicyclic) bond motifs is 1. The molecule has 6 heteroatoms. The average molecular weight is 360 g/mol. The summed E-state index contributed by atoms with van der Waals surface area (Å²) in [5, 5.41) is 12.0. The second kappa shape index (κ2) is 8.01. The molecule has 2 aliphatic rings. The highest BCUT2D eigenvalue weighted by Gasteiger charge is 2.35. The zero-order valence-corrected chi connectivity index (χ0v) is 15.3. The molecule has 0 aliphatic heterocycles. The summed E-state index contributed by atoms with van der Waals surface area (Å²) in [6.07, 6.45) is 10.1. The number of carbonyl (C=O) groups is 2. The molecule has 1 N–H and O–H groups in total. The highest BCUT2D eigenvalue weighted by atomic mass is 32.1. The first-order valence-corrected chi connectivity index (χ1v) is 9.94. The molecule has 25 heavy (non-hydrogen) atoms. The number of amides is 1. The molecule has 1 aromatic heterocycles. The maximum absolute atomic E-state index is 12.3. The van der Waals surface area contributed by atoms with Crippen LogP contribution in [0.5, 0.6) is 0 Å². The predicted molar refractivity (Wildman–Crippen MR) is 95.4 cm³/mol. The van der Waals surface area contributed by atoms with Crippen LogP contribution >= 0.6 is 11.3 Å². The number of carbonyl (C=O) groups excluding carboxylic acids is 2. The number of aryl methyl sites for hydroxylation is 2. The molecule has 0 saturated heterocycles. The Morgan fingerprint density at radius 2 is 1.88 bits per heavy atom. The number of nitrogens with one attached hydrogen (secondary N) is 1. The molecule has 5 nitrogen and oxygen atoms in total. The third-order valence-electron chi connectivity index (χ3n) is 5.08. The van der Waals surface area contributed by atoms with Crippen molar-refractivity contribution in [2.45, 2.75) is 69.7 Å². The van der Waals surface area contributed by atoms with Crippen molar-refractivity contribution in [3.8, 4) is 6.07 Å². The van der Waals surface area contributed by atoms with E-state index in [1.807, 2.05) is 6.07 Å². The molecule has 1 aromatic rings. The van der Waals surface area contributed by atoms with E-state index in [9.17, 15) is 14.9 Å². The number of nitrogens with zero attached hydrogens (tertiary/aromatic N) is 1. The monoisotopic (exact) mass is 360 g/mol. The number of thiophene rings is 1. The molecule has 0 aromatic carbocycles. The summed E-state index contributed by atoms with van der Waals surface area (Å²) >= 11 is 1.50. The van der Waals surface area contributed by atoms with Crippen molar-refractivity contribution in [3.05, 3.63) is 21.4 Å². The fourth-order valence-electron chi connectivity index (χ4n) is 3.69. The second-order valence-corrected chi connectivity index (χ2v) is 8.14. The zero-order chi connectivity index (χ0) is 17.7. The van der Waals surface area contributed by atoms with Crippen molar-refractivity contribution in [2.75, 3.05) is 6.61 Å². The smallest absolute Gasteiger partial charge is 0.348 e. The fraction of sp³-hybridized carbons (Fsp3) is 0.632. The van der Waals surface area contributed by atoms with Crippen molar-refractivity contribution < 1.29 is 14.3 Å². The average Bonchev–Trinajstić information content (AvgIpc) is 3.20. The lowest BCUT2D eigenvalue weighted by Crippen LogP contribution is -2.46. The third-order valence-corrected chi connectivity index (χ3v) is 6.30. The van der Waals surface area contributed by atoms with Crippen LogP contribution in [-0.2, 0) is 22.4 Å². The SMILES string of the molecule is N#CC1(NC(=O)COC(=O)c2cc3c(s2)CCCCCC3)CCCC1. The van der Waals surface area contributed by atoms with Gasteiger partial charge < -0.3 is 10.1 Å². The number of ether oxygens (including phenoxy) is 1. The number of hydrogen-bond donors (Lipinski definition) is 1. The van der Waals surface area contributed by atoms with Crippen LogP contribution in [-0.4, -0.2) is 24.0 Å².